The average molecular weight is 430 g/mol. The van der Waals surface area contributed by atoms with E-state index in [9.17, 15) is 0 Å². The number of aryl methyl sites for hydroxylation is 2. The predicted octanol–water partition coefficient (Wildman–Crippen LogP) is 1.49. The summed E-state index contributed by atoms with van der Waals surface area (Å²) in [5.41, 5.74) is 1.13. The molecule has 7 nitrogen and oxygen atoms in total. The average Bonchev–Trinajstić information content (AvgIpc) is 2.93. The van der Waals surface area contributed by atoms with Crippen LogP contribution >= 0.6 is 24.0 Å². The van der Waals surface area contributed by atoms with Crippen LogP contribution in [0.2, 0.25) is 0 Å². The molecule has 2 aromatic rings. The Labute approximate surface area is 153 Å². The van der Waals surface area contributed by atoms with Gasteiger partial charge >= 0.3 is 0 Å². The quantitative estimate of drug-likeness (QED) is 0.314. The van der Waals surface area contributed by atoms with Gasteiger partial charge in [0.05, 0.1) is 13.1 Å². The van der Waals surface area contributed by atoms with Crippen LogP contribution in [0.25, 0.3) is 0 Å². The first kappa shape index (κ1) is 19.2. The maximum atomic E-state index is 5.73. The Balaban J connectivity index is 0.00000264. The molecule has 1 aromatic heterocycles. The number of rotatable bonds is 6. The summed E-state index contributed by atoms with van der Waals surface area (Å²) in [7, 11) is 3.59. The number of hydrogen-bond acceptors (Lipinski definition) is 4. The Bertz CT molecular complexity index is 628. The molecule has 0 saturated carbocycles. The fraction of sp³-hybridized carbons (Fsp3) is 0.400. The molecule has 8 heteroatoms. The predicted molar refractivity (Wildman–Crippen MR) is 101 cm³/mol. The number of para-hydroxylation sites is 1. The number of hydrogen-bond donors (Lipinski definition) is 2. The molecule has 0 amide bonds. The van der Waals surface area contributed by atoms with Crippen molar-refractivity contribution in [2.75, 3.05) is 20.2 Å². The van der Waals surface area contributed by atoms with E-state index in [1.54, 1.807) is 11.7 Å². The number of ether oxygens (including phenoxy) is 1. The van der Waals surface area contributed by atoms with Crippen LogP contribution in [0.4, 0.5) is 0 Å². The molecule has 0 unspecified atom stereocenters. The summed E-state index contributed by atoms with van der Waals surface area (Å²) in [5, 5.41) is 10.4. The minimum Gasteiger partial charge on any atom is -0.491 e. The maximum Gasteiger partial charge on any atom is 0.191 e. The maximum absolute atomic E-state index is 5.73. The molecule has 2 N–H and O–H groups in total. The highest BCUT2D eigenvalue weighted by atomic mass is 127. The molecule has 0 aliphatic rings. The molecule has 0 aliphatic carbocycles. The van der Waals surface area contributed by atoms with Crippen LogP contribution < -0.4 is 15.4 Å². The van der Waals surface area contributed by atoms with E-state index in [4.69, 9.17) is 4.74 Å². The second kappa shape index (κ2) is 10.0. The molecule has 23 heavy (non-hydrogen) atoms. The van der Waals surface area contributed by atoms with Crippen molar-refractivity contribution in [1.29, 1.82) is 0 Å². The van der Waals surface area contributed by atoms with Crippen molar-refractivity contribution in [2.45, 2.75) is 13.5 Å². The zero-order valence-corrected chi connectivity index (χ0v) is 15.9. The molecule has 0 radical (unpaired) electrons. The van der Waals surface area contributed by atoms with Crippen LogP contribution in [0.3, 0.4) is 0 Å². The molecule has 1 heterocycles. The Morgan fingerprint density at radius 3 is 2.74 bits per heavy atom. The summed E-state index contributed by atoms with van der Waals surface area (Å²) < 4.78 is 7.45. The van der Waals surface area contributed by atoms with Crippen molar-refractivity contribution >= 4 is 29.9 Å². The lowest BCUT2D eigenvalue weighted by molar-refractivity contribution is 0.320. The van der Waals surface area contributed by atoms with E-state index in [1.165, 1.54) is 6.33 Å². The SMILES string of the molecule is CN=C(NCCOc1ccccc1C)NCc1ncnn1C.I. The van der Waals surface area contributed by atoms with Gasteiger partial charge in [0.2, 0.25) is 0 Å². The second-order valence-electron chi connectivity index (χ2n) is 4.77. The van der Waals surface area contributed by atoms with Crippen LogP contribution in [0, 0.1) is 6.92 Å². The number of aliphatic imine (C=N–C) groups is 1. The Morgan fingerprint density at radius 2 is 2.09 bits per heavy atom. The van der Waals surface area contributed by atoms with Gasteiger partial charge in [0.15, 0.2) is 5.96 Å². The topological polar surface area (TPSA) is 76.4 Å². The molecule has 0 saturated heterocycles. The first-order valence-corrected chi connectivity index (χ1v) is 7.16. The van der Waals surface area contributed by atoms with E-state index < -0.39 is 0 Å². The van der Waals surface area contributed by atoms with Gasteiger partial charge in [-0.05, 0) is 18.6 Å². The van der Waals surface area contributed by atoms with Crippen molar-refractivity contribution in [3.05, 3.63) is 42.0 Å². The molecule has 2 rings (SSSR count). The van der Waals surface area contributed by atoms with Gasteiger partial charge in [0.25, 0.3) is 0 Å². The fourth-order valence-corrected chi connectivity index (χ4v) is 1.91. The number of guanidine groups is 1. The van der Waals surface area contributed by atoms with Gasteiger partial charge < -0.3 is 15.4 Å². The number of benzene rings is 1. The first-order valence-electron chi connectivity index (χ1n) is 7.16. The smallest absolute Gasteiger partial charge is 0.191 e. The van der Waals surface area contributed by atoms with Gasteiger partial charge in [-0.3, -0.25) is 9.67 Å². The molecular formula is C15H23IN6O. The van der Waals surface area contributed by atoms with Crippen LogP contribution in [0.5, 0.6) is 5.75 Å². The summed E-state index contributed by atoms with van der Waals surface area (Å²) in [6.45, 7) is 3.82. The monoisotopic (exact) mass is 430 g/mol. The lowest BCUT2D eigenvalue weighted by atomic mass is 10.2. The Hall–Kier alpha value is -1.84. The van der Waals surface area contributed by atoms with E-state index in [0.717, 1.165) is 17.1 Å². The van der Waals surface area contributed by atoms with Crippen LogP contribution in [0.1, 0.15) is 11.4 Å². The van der Waals surface area contributed by atoms with Gasteiger partial charge in [0, 0.05) is 14.1 Å². The van der Waals surface area contributed by atoms with E-state index >= 15 is 0 Å². The van der Waals surface area contributed by atoms with Crippen LogP contribution in [-0.4, -0.2) is 40.9 Å². The number of halogens is 1. The van der Waals surface area contributed by atoms with Crippen molar-refractivity contribution in [1.82, 2.24) is 25.4 Å². The van der Waals surface area contributed by atoms with Crippen molar-refractivity contribution < 1.29 is 4.74 Å². The zero-order valence-electron chi connectivity index (χ0n) is 13.6. The van der Waals surface area contributed by atoms with Crippen molar-refractivity contribution in [3.8, 4) is 5.75 Å². The Morgan fingerprint density at radius 1 is 1.30 bits per heavy atom. The summed E-state index contributed by atoms with van der Waals surface area (Å²) in [6.07, 6.45) is 1.53. The van der Waals surface area contributed by atoms with Crippen LogP contribution in [-0.2, 0) is 13.6 Å². The van der Waals surface area contributed by atoms with Gasteiger partial charge in [-0.15, -0.1) is 24.0 Å². The largest absolute Gasteiger partial charge is 0.491 e. The van der Waals surface area contributed by atoms with Crippen molar-refractivity contribution in [2.24, 2.45) is 12.0 Å². The highest BCUT2D eigenvalue weighted by Gasteiger charge is 2.03. The molecule has 0 bridgehead atoms. The molecule has 0 atom stereocenters. The number of nitrogens with zero attached hydrogens (tertiary/aromatic N) is 4. The lowest BCUT2D eigenvalue weighted by Crippen LogP contribution is -2.39. The van der Waals surface area contributed by atoms with Gasteiger partial charge in [-0.1, -0.05) is 18.2 Å². The minimum absolute atomic E-state index is 0. The third-order valence-electron chi connectivity index (χ3n) is 3.19. The zero-order chi connectivity index (χ0) is 15.8. The molecule has 0 spiro atoms. The molecule has 0 fully saturated rings. The lowest BCUT2D eigenvalue weighted by Gasteiger charge is -2.13. The molecule has 0 aliphatic heterocycles. The second-order valence-corrected chi connectivity index (χ2v) is 4.77. The van der Waals surface area contributed by atoms with E-state index in [-0.39, 0.29) is 24.0 Å². The normalized spacial score (nSPS) is 10.8. The standard InChI is InChI=1S/C15H22N6O.HI/c1-12-6-4-5-7-13(12)22-9-8-17-15(16-2)18-10-14-19-11-20-21(14)3;/h4-7,11H,8-10H2,1-3H3,(H2,16,17,18);1H. The van der Waals surface area contributed by atoms with E-state index in [0.29, 0.717) is 25.7 Å². The van der Waals surface area contributed by atoms with Gasteiger partial charge in [-0.25, -0.2) is 4.98 Å². The molecule has 126 valence electrons. The summed E-state index contributed by atoms with van der Waals surface area (Å²) in [6, 6.07) is 7.97. The number of aromatic nitrogens is 3. The number of nitrogens with one attached hydrogen (secondary N) is 2. The fourth-order valence-electron chi connectivity index (χ4n) is 1.91. The van der Waals surface area contributed by atoms with Gasteiger partial charge in [-0.2, -0.15) is 5.10 Å². The minimum atomic E-state index is 0. The summed E-state index contributed by atoms with van der Waals surface area (Å²) in [4.78, 5) is 8.31. The van der Waals surface area contributed by atoms with E-state index in [2.05, 4.69) is 25.7 Å². The third kappa shape index (κ3) is 6.05. The van der Waals surface area contributed by atoms with E-state index in [1.807, 2.05) is 38.2 Å². The molecular weight excluding hydrogens is 407 g/mol. The summed E-state index contributed by atoms with van der Waals surface area (Å²) >= 11 is 0. The first-order chi connectivity index (χ1) is 10.7. The highest BCUT2D eigenvalue weighted by molar-refractivity contribution is 14.0. The Kier molecular flexibility index (Phi) is 8.38. The molecule has 1 aromatic carbocycles. The summed E-state index contributed by atoms with van der Waals surface area (Å²) in [5.74, 6) is 2.46. The highest BCUT2D eigenvalue weighted by Crippen LogP contribution is 2.15. The van der Waals surface area contributed by atoms with Gasteiger partial charge in [0.1, 0.15) is 24.5 Å². The van der Waals surface area contributed by atoms with Crippen LogP contribution in [0.15, 0.2) is 35.6 Å². The van der Waals surface area contributed by atoms with Crippen molar-refractivity contribution in [3.63, 3.8) is 0 Å². The third-order valence-corrected chi connectivity index (χ3v) is 3.19.